The Morgan fingerprint density at radius 3 is 2.17 bits per heavy atom. The van der Waals surface area contributed by atoms with E-state index in [9.17, 15) is 0 Å². The Morgan fingerprint density at radius 1 is 0.743 bits per heavy atom. The van der Waals surface area contributed by atoms with E-state index in [1.165, 1.54) is 51.1 Å². The lowest BCUT2D eigenvalue weighted by atomic mass is 10.2. The number of aromatic nitrogens is 3. The van der Waals surface area contributed by atoms with E-state index >= 15 is 0 Å². The fourth-order valence-corrected chi connectivity index (χ4v) is 12.3. The summed E-state index contributed by atoms with van der Waals surface area (Å²) in [6, 6.07) is 16.8. The summed E-state index contributed by atoms with van der Waals surface area (Å²) in [6.07, 6.45) is 2.42. The number of H-pyrrole nitrogens is 1. The van der Waals surface area contributed by atoms with Gasteiger partial charge in [-0.2, -0.15) is 0 Å². The van der Waals surface area contributed by atoms with E-state index in [4.69, 9.17) is 9.97 Å². The van der Waals surface area contributed by atoms with Gasteiger partial charge in [-0.25, -0.2) is 9.97 Å². The minimum Gasteiger partial charge on any atom is -0.337 e. The van der Waals surface area contributed by atoms with Crippen molar-refractivity contribution in [3.63, 3.8) is 0 Å². The number of nitrogens with zero attached hydrogens (tertiary/aromatic N) is 2. The fourth-order valence-electron chi connectivity index (χ4n) is 3.72. The molecule has 2 aromatic carbocycles. The van der Waals surface area contributed by atoms with Gasteiger partial charge in [-0.15, -0.1) is 23.5 Å². The maximum Gasteiger partial charge on any atom is 0.157 e. The topological polar surface area (TPSA) is 41.6 Å². The van der Waals surface area contributed by atoms with Crippen LogP contribution in [0.2, 0.25) is 0 Å². The maximum absolute atomic E-state index is 4.90. The fraction of sp³-hybridized carbons (Fsp3) is 0.231. The van der Waals surface area contributed by atoms with Gasteiger partial charge in [0.2, 0.25) is 0 Å². The van der Waals surface area contributed by atoms with Gasteiger partial charge >= 0.3 is 0 Å². The molecule has 0 radical (unpaired) electrons. The van der Waals surface area contributed by atoms with Crippen LogP contribution in [0.15, 0.2) is 75.3 Å². The van der Waals surface area contributed by atoms with Crippen molar-refractivity contribution in [1.29, 1.82) is 0 Å². The summed E-state index contributed by atoms with van der Waals surface area (Å²) >= 11 is 11.8. The Balaban J connectivity index is 1.25. The number of hydrogen-bond acceptors (Lipinski definition) is 8. The summed E-state index contributed by atoms with van der Waals surface area (Å²) in [5.74, 6) is 3.20. The van der Waals surface area contributed by atoms with Crippen LogP contribution in [0.1, 0.15) is 26.7 Å². The number of nitrogens with one attached hydrogen (secondary N) is 1. The maximum atomic E-state index is 4.90. The summed E-state index contributed by atoms with van der Waals surface area (Å²) in [4.78, 5) is 15.8. The molecule has 0 saturated carbocycles. The van der Waals surface area contributed by atoms with Crippen molar-refractivity contribution < 1.29 is 0 Å². The molecule has 3 nitrogen and oxygen atoms in total. The van der Waals surface area contributed by atoms with E-state index in [0.29, 0.717) is 0 Å². The van der Waals surface area contributed by atoms with Gasteiger partial charge < -0.3 is 4.98 Å². The highest BCUT2D eigenvalue weighted by Crippen LogP contribution is 2.64. The van der Waals surface area contributed by atoms with Crippen molar-refractivity contribution in [2.75, 3.05) is 11.5 Å². The Morgan fingerprint density at radius 2 is 1.43 bits per heavy atom. The van der Waals surface area contributed by atoms with Crippen LogP contribution in [0.3, 0.4) is 0 Å². The summed E-state index contributed by atoms with van der Waals surface area (Å²) in [6.45, 7) is 4.52. The standard InChI is InChI=1S/C26H23N3S6/c1-3-11-30-23-24(31-12-4-2)35-26(34-23)25-32-20-13-18-19(14-21(20)33-25)29-22(28-18)17-10-9-15-7-5-6-8-16(15)27-17/h5-10,13-14H,3-4,11-12H2,1-2H3,(H,28,29). The monoisotopic (exact) mass is 569 g/mol. The van der Waals surface area contributed by atoms with Gasteiger partial charge in [0.15, 0.2) is 5.82 Å². The molecule has 0 unspecified atom stereocenters. The second-order valence-electron chi connectivity index (χ2n) is 8.05. The molecule has 0 fully saturated rings. The molecule has 4 heterocycles. The van der Waals surface area contributed by atoms with Gasteiger partial charge in [-0.3, -0.25) is 0 Å². The highest BCUT2D eigenvalue weighted by molar-refractivity contribution is 8.42. The van der Waals surface area contributed by atoms with Crippen LogP contribution in [0.25, 0.3) is 33.5 Å². The normalized spacial score (nSPS) is 15.7. The average molecular weight is 570 g/mol. The summed E-state index contributed by atoms with van der Waals surface area (Å²) in [5, 5.41) is 1.14. The van der Waals surface area contributed by atoms with Crippen LogP contribution in [0.5, 0.6) is 0 Å². The van der Waals surface area contributed by atoms with Gasteiger partial charge in [0.25, 0.3) is 0 Å². The first kappa shape index (κ1) is 24.2. The predicted molar refractivity (Wildman–Crippen MR) is 163 cm³/mol. The SMILES string of the molecule is CCCSC1=C(SCCC)SC(=C2Sc3cc4nc(-c5ccc6ccccc6n5)[nH]c4cc3S2)S1. The molecule has 178 valence electrons. The zero-order chi connectivity index (χ0) is 23.8. The first-order valence-electron chi connectivity index (χ1n) is 11.6. The van der Waals surface area contributed by atoms with Crippen molar-refractivity contribution in [3.05, 3.63) is 65.5 Å². The largest absolute Gasteiger partial charge is 0.337 e. The number of para-hydroxylation sites is 1. The highest BCUT2D eigenvalue weighted by Gasteiger charge is 2.29. The number of aromatic amines is 1. The number of thioether (sulfide) groups is 6. The van der Waals surface area contributed by atoms with Crippen molar-refractivity contribution in [1.82, 2.24) is 15.0 Å². The van der Waals surface area contributed by atoms with Gasteiger partial charge in [-0.1, -0.05) is 85.2 Å². The van der Waals surface area contributed by atoms with Crippen molar-refractivity contribution in [2.45, 2.75) is 36.5 Å². The quantitative estimate of drug-likeness (QED) is 0.236. The smallest absolute Gasteiger partial charge is 0.157 e. The lowest BCUT2D eigenvalue weighted by molar-refractivity contribution is 1.11. The summed E-state index contributed by atoms with van der Waals surface area (Å²) in [5.41, 5.74) is 3.93. The molecule has 0 amide bonds. The van der Waals surface area contributed by atoms with Crippen LogP contribution >= 0.6 is 70.6 Å². The zero-order valence-electron chi connectivity index (χ0n) is 19.3. The molecule has 35 heavy (non-hydrogen) atoms. The van der Waals surface area contributed by atoms with E-state index in [1.54, 1.807) is 0 Å². The number of imidazole rings is 1. The molecule has 0 bridgehead atoms. The van der Waals surface area contributed by atoms with Crippen LogP contribution < -0.4 is 0 Å². The van der Waals surface area contributed by atoms with Gasteiger partial charge in [0, 0.05) is 15.2 Å². The lowest BCUT2D eigenvalue weighted by Crippen LogP contribution is -1.86. The molecule has 0 aliphatic carbocycles. The average Bonchev–Trinajstić information content (AvgIpc) is 3.60. The summed E-state index contributed by atoms with van der Waals surface area (Å²) in [7, 11) is 0. The number of fused-ring (bicyclic) bond motifs is 3. The zero-order valence-corrected chi connectivity index (χ0v) is 24.2. The van der Waals surface area contributed by atoms with Crippen LogP contribution in [-0.2, 0) is 0 Å². The molecule has 0 saturated heterocycles. The van der Waals surface area contributed by atoms with Crippen molar-refractivity contribution >= 4 is 92.5 Å². The molecular weight excluding hydrogens is 547 g/mol. The van der Waals surface area contributed by atoms with Gasteiger partial charge in [-0.05, 0) is 48.6 Å². The molecule has 0 atom stereocenters. The van der Waals surface area contributed by atoms with E-state index in [-0.39, 0.29) is 0 Å². The molecule has 9 heteroatoms. The second-order valence-corrected chi connectivity index (χ2v) is 15.4. The first-order valence-corrected chi connectivity index (χ1v) is 16.8. The third-order valence-electron chi connectivity index (χ3n) is 5.37. The number of pyridine rings is 1. The number of hydrogen-bond donors (Lipinski definition) is 1. The van der Waals surface area contributed by atoms with Crippen LogP contribution in [0.4, 0.5) is 0 Å². The van der Waals surface area contributed by atoms with E-state index in [1.807, 2.05) is 94.8 Å². The second kappa shape index (κ2) is 10.7. The van der Waals surface area contributed by atoms with E-state index in [0.717, 1.165) is 33.5 Å². The van der Waals surface area contributed by atoms with Crippen LogP contribution in [0, 0.1) is 0 Å². The highest BCUT2D eigenvalue weighted by atomic mass is 32.3. The minimum absolute atomic E-state index is 0.823. The number of rotatable bonds is 7. The Labute approximate surface area is 230 Å². The Hall–Kier alpha value is -1.10. The third-order valence-corrected chi connectivity index (χ3v) is 14.4. The first-order chi connectivity index (χ1) is 17.2. The molecular formula is C26H23N3S6. The van der Waals surface area contributed by atoms with Gasteiger partial charge in [0.1, 0.15) is 5.69 Å². The van der Waals surface area contributed by atoms with Crippen molar-refractivity contribution in [2.24, 2.45) is 0 Å². The lowest BCUT2D eigenvalue weighted by Gasteiger charge is -2.02. The molecule has 2 aliphatic rings. The Bertz CT molecular complexity index is 1420. The van der Waals surface area contributed by atoms with E-state index < -0.39 is 0 Å². The minimum atomic E-state index is 0.823. The molecule has 2 aliphatic heterocycles. The molecule has 2 aromatic heterocycles. The molecule has 1 N–H and O–H groups in total. The predicted octanol–water partition coefficient (Wildman–Crippen LogP) is 10.00. The van der Waals surface area contributed by atoms with Crippen LogP contribution in [-0.4, -0.2) is 26.5 Å². The Kier molecular flexibility index (Phi) is 7.42. The third kappa shape index (κ3) is 5.05. The van der Waals surface area contributed by atoms with Gasteiger partial charge in [0.05, 0.1) is 33.5 Å². The summed E-state index contributed by atoms with van der Waals surface area (Å²) < 4.78 is 5.83. The van der Waals surface area contributed by atoms with E-state index in [2.05, 4.69) is 43.1 Å². The molecule has 4 aromatic rings. The molecule has 6 rings (SSSR count). The van der Waals surface area contributed by atoms with Crippen molar-refractivity contribution in [3.8, 4) is 11.5 Å². The number of benzene rings is 2. The molecule has 0 spiro atoms.